The SMILES string of the molecule is Cc1cc(C(=O)NC2CO[C@H]3CN(C(=O)c4ccc(C)s4)C[C@@H]3OC2)c(C)o1. The second-order valence-electron chi connectivity index (χ2n) is 7.36. The highest BCUT2D eigenvalue weighted by molar-refractivity contribution is 7.13. The van der Waals surface area contributed by atoms with E-state index in [0.29, 0.717) is 43.4 Å². The predicted octanol–water partition coefficient (Wildman–Crippen LogP) is 2.30. The van der Waals surface area contributed by atoms with Gasteiger partial charge in [-0.15, -0.1) is 11.3 Å². The van der Waals surface area contributed by atoms with Gasteiger partial charge in [-0.25, -0.2) is 0 Å². The Kier molecular flexibility index (Phi) is 5.27. The summed E-state index contributed by atoms with van der Waals surface area (Å²) in [6, 6.07) is 5.31. The molecule has 28 heavy (non-hydrogen) atoms. The fourth-order valence-corrected chi connectivity index (χ4v) is 4.50. The van der Waals surface area contributed by atoms with Crippen molar-refractivity contribution in [1.29, 1.82) is 0 Å². The molecule has 7 nitrogen and oxygen atoms in total. The number of rotatable bonds is 3. The fourth-order valence-electron chi connectivity index (χ4n) is 3.67. The van der Waals surface area contributed by atoms with Gasteiger partial charge in [0.05, 0.1) is 29.7 Å². The van der Waals surface area contributed by atoms with Crippen LogP contribution < -0.4 is 5.32 Å². The third-order valence-electron chi connectivity index (χ3n) is 5.10. The average molecular weight is 404 g/mol. The molecule has 2 fully saturated rings. The van der Waals surface area contributed by atoms with Gasteiger partial charge in [-0.2, -0.15) is 0 Å². The average Bonchev–Trinajstić information content (AvgIpc) is 3.32. The van der Waals surface area contributed by atoms with Crippen molar-refractivity contribution in [3.05, 3.63) is 45.0 Å². The molecule has 2 aromatic heterocycles. The lowest BCUT2D eigenvalue weighted by Gasteiger charge is -2.19. The van der Waals surface area contributed by atoms with E-state index in [-0.39, 0.29) is 30.1 Å². The molecule has 0 unspecified atom stereocenters. The van der Waals surface area contributed by atoms with E-state index >= 15 is 0 Å². The van der Waals surface area contributed by atoms with E-state index in [1.165, 1.54) is 11.3 Å². The van der Waals surface area contributed by atoms with Crippen LogP contribution in [0.3, 0.4) is 0 Å². The number of aryl methyl sites for hydroxylation is 3. The number of furan rings is 1. The second-order valence-corrected chi connectivity index (χ2v) is 8.65. The van der Waals surface area contributed by atoms with Crippen LogP contribution in [-0.4, -0.2) is 61.3 Å². The van der Waals surface area contributed by atoms with E-state index in [4.69, 9.17) is 13.9 Å². The first kappa shape index (κ1) is 19.2. The molecule has 2 aromatic rings. The molecule has 8 heteroatoms. The fraction of sp³-hybridized carbons (Fsp3) is 0.500. The smallest absolute Gasteiger partial charge is 0.264 e. The van der Waals surface area contributed by atoms with E-state index in [2.05, 4.69) is 5.32 Å². The summed E-state index contributed by atoms with van der Waals surface area (Å²) in [4.78, 5) is 28.8. The summed E-state index contributed by atoms with van der Waals surface area (Å²) < 4.78 is 17.4. The van der Waals surface area contributed by atoms with Gasteiger partial charge in [0.2, 0.25) is 0 Å². The number of nitrogens with zero attached hydrogens (tertiary/aromatic N) is 1. The molecule has 4 heterocycles. The van der Waals surface area contributed by atoms with Crippen molar-refractivity contribution in [2.75, 3.05) is 26.3 Å². The Hall–Kier alpha value is -2.16. The van der Waals surface area contributed by atoms with Crippen LogP contribution >= 0.6 is 11.3 Å². The lowest BCUT2D eigenvalue weighted by Crippen LogP contribution is -2.41. The summed E-state index contributed by atoms with van der Waals surface area (Å²) in [6.07, 6.45) is -0.352. The Morgan fingerprint density at radius 3 is 2.32 bits per heavy atom. The number of carbonyl (C=O) groups is 2. The van der Waals surface area contributed by atoms with E-state index in [0.717, 1.165) is 9.75 Å². The van der Waals surface area contributed by atoms with Crippen LogP contribution in [0.2, 0.25) is 0 Å². The summed E-state index contributed by atoms with van der Waals surface area (Å²) in [5.74, 6) is 1.13. The molecule has 0 aliphatic carbocycles. The number of fused-ring (bicyclic) bond motifs is 1. The van der Waals surface area contributed by atoms with Gasteiger partial charge in [0, 0.05) is 18.0 Å². The molecule has 2 aliphatic heterocycles. The molecule has 2 amide bonds. The maximum Gasteiger partial charge on any atom is 0.264 e. The third-order valence-corrected chi connectivity index (χ3v) is 6.09. The Morgan fingerprint density at radius 2 is 1.79 bits per heavy atom. The van der Waals surface area contributed by atoms with Crippen molar-refractivity contribution >= 4 is 23.2 Å². The normalized spacial score (nSPS) is 22.8. The first-order valence-electron chi connectivity index (χ1n) is 9.37. The molecule has 2 aliphatic rings. The third kappa shape index (κ3) is 3.85. The van der Waals surface area contributed by atoms with Crippen molar-refractivity contribution < 1.29 is 23.5 Å². The number of thiophene rings is 1. The van der Waals surface area contributed by atoms with Crippen LogP contribution in [0.25, 0.3) is 0 Å². The van der Waals surface area contributed by atoms with Gasteiger partial charge >= 0.3 is 0 Å². The van der Waals surface area contributed by atoms with Crippen molar-refractivity contribution in [2.45, 2.75) is 39.0 Å². The minimum Gasteiger partial charge on any atom is -0.466 e. The standard InChI is InChI=1S/C20H24N2O5S/c1-11-6-15(13(3)27-11)19(23)21-14-9-25-16-7-22(8-17(16)26-10-14)20(24)18-5-4-12(2)28-18/h4-6,14,16-17H,7-10H2,1-3H3,(H,21,23)/t16-,17-/m0/s1. The van der Waals surface area contributed by atoms with Crippen LogP contribution in [0, 0.1) is 20.8 Å². The molecule has 0 saturated carbocycles. The van der Waals surface area contributed by atoms with Crippen LogP contribution in [0.15, 0.2) is 22.6 Å². The number of hydrogen-bond acceptors (Lipinski definition) is 6. The Labute approximate surface area is 167 Å². The van der Waals surface area contributed by atoms with Gasteiger partial charge in [-0.3, -0.25) is 9.59 Å². The summed E-state index contributed by atoms with van der Waals surface area (Å²) in [5.41, 5.74) is 0.532. The highest BCUT2D eigenvalue weighted by Crippen LogP contribution is 2.24. The molecule has 4 rings (SSSR count). The lowest BCUT2D eigenvalue weighted by atomic mass is 10.2. The second kappa shape index (κ2) is 7.69. The highest BCUT2D eigenvalue weighted by atomic mass is 32.1. The topological polar surface area (TPSA) is 81.0 Å². The van der Waals surface area contributed by atoms with Crippen molar-refractivity contribution in [3.8, 4) is 0 Å². The van der Waals surface area contributed by atoms with Crippen LogP contribution in [-0.2, 0) is 9.47 Å². The lowest BCUT2D eigenvalue weighted by molar-refractivity contribution is -0.00461. The zero-order valence-corrected chi connectivity index (χ0v) is 17.0. The molecule has 2 saturated heterocycles. The van der Waals surface area contributed by atoms with Gasteiger partial charge in [0.1, 0.15) is 23.7 Å². The molecular weight excluding hydrogens is 380 g/mol. The highest BCUT2D eigenvalue weighted by Gasteiger charge is 2.40. The summed E-state index contributed by atoms with van der Waals surface area (Å²) >= 11 is 1.50. The first-order valence-corrected chi connectivity index (χ1v) is 10.2. The van der Waals surface area contributed by atoms with Gasteiger partial charge < -0.3 is 24.1 Å². The molecular formula is C20H24N2O5S. The molecule has 0 radical (unpaired) electrons. The van der Waals surface area contributed by atoms with Crippen LogP contribution in [0.4, 0.5) is 0 Å². The monoisotopic (exact) mass is 404 g/mol. The van der Waals surface area contributed by atoms with Crippen molar-refractivity contribution in [2.24, 2.45) is 0 Å². The molecule has 2 atom stereocenters. The summed E-state index contributed by atoms with van der Waals surface area (Å²) in [7, 11) is 0. The van der Waals surface area contributed by atoms with E-state index < -0.39 is 0 Å². The number of nitrogens with one attached hydrogen (secondary N) is 1. The van der Waals surface area contributed by atoms with Crippen LogP contribution in [0.1, 0.15) is 36.4 Å². The number of ether oxygens (including phenoxy) is 2. The molecule has 1 N–H and O–H groups in total. The van der Waals surface area contributed by atoms with Crippen molar-refractivity contribution in [3.63, 3.8) is 0 Å². The Bertz CT molecular complexity index is 873. The Morgan fingerprint density at radius 1 is 1.11 bits per heavy atom. The van der Waals surface area contributed by atoms with Gasteiger partial charge in [-0.05, 0) is 39.0 Å². The van der Waals surface area contributed by atoms with E-state index in [1.807, 2.05) is 26.0 Å². The number of likely N-dealkylation sites (tertiary alicyclic amines) is 1. The zero-order chi connectivity index (χ0) is 19.8. The van der Waals surface area contributed by atoms with Crippen molar-refractivity contribution in [1.82, 2.24) is 10.2 Å². The van der Waals surface area contributed by atoms with E-state index in [9.17, 15) is 9.59 Å². The van der Waals surface area contributed by atoms with Gasteiger partial charge in [-0.1, -0.05) is 0 Å². The number of carbonyl (C=O) groups excluding carboxylic acids is 2. The first-order chi connectivity index (χ1) is 13.4. The van der Waals surface area contributed by atoms with Crippen LogP contribution in [0.5, 0.6) is 0 Å². The predicted molar refractivity (Wildman–Crippen MR) is 104 cm³/mol. The molecule has 0 bridgehead atoms. The van der Waals surface area contributed by atoms with Gasteiger partial charge in [0.15, 0.2) is 0 Å². The van der Waals surface area contributed by atoms with Gasteiger partial charge in [0.25, 0.3) is 11.8 Å². The maximum absolute atomic E-state index is 12.6. The molecule has 150 valence electrons. The minimum absolute atomic E-state index is 0.0222. The number of amides is 2. The quantitative estimate of drug-likeness (QED) is 0.849. The maximum atomic E-state index is 12.6. The summed E-state index contributed by atoms with van der Waals surface area (Å²) in [6.45, 7) is 7.27. The molecule has 0 aromatic carbocycles. The minimum atomic E-state index is -0.239. The Balaban J connectivity index is 1.33. The zero-order valence-electron chi connectivity index (χ0n) is 16.2. The van der Waals surface area contributed by atoms with E-state index in [1.54, 1.807) is 17.9 Å². The summed E-state index contributed by atoms with van der Waals surface area (Å²) in [5, 5.41) is 2.95. The largest absolute Gasteiger partial charge is 0.466 e. The number of hydrogen-bond donors (Lipinski definition) is 1. The molecule has 0 spiro atoms.